The standard InChI is InChI=1S/C25H31F3O2/c1-2-3-21-16-29-25(30-17-21)11-9-20-14-23(27)22(24(28)15-20)10-8-18-4-6-19(7-5-18)12-13-26/h12-15,18-19,21,25H,2-7,9,11,16-17H2,1H3. The second-order valence-electron chi connectivity index (χ2n) is 8.42. The fourth-order valence-electron chi connectivity index (χ4n) is 4.23. The van der Waals surface area contributed by atoms with E-state index in [0.717, 1.165) is 38.5 Å². The maximum absolute atomic E-state index is 14.5. The van der Waals surface area contributed by atoms with Crippen LogP contribution in [0.2, 0.25) is 0 Å². The van der Waals surface area contributed by atoms with Gasteiger partial charge < -0.3 is 9.47 Å². The van der Waals surface area contributed by atoms with Crippen LogP contribution in [0.4, 0.5) is 13.2 Å². The summed E-state index contributed by atoms with van der Waals surface area (Å²) < 4.78 is 52.7. The topological polar surface area (TPSA) is 18.5 Å². The number of benzene rings is 1. The first-order valence-corrected chi connectivity index (χ1v) is 11.1. The summed E-state index contributed by atoms with van der Waals surface area (Å²) in [6, 6.07) is 2.72. The third-order valence-corrected chi connectivity index (χ3v) is 6.02. The Morgan fingerprint density at radius 3 is 2.30 bits per heavy atom. The van der Waals surface area contributed by atoms with E-state index >= 15 is 0 Å². The van der Waals surface area contributed by atoms with Crippen molar-refractivity contribution in [2.24, 2.45) is 17.8 Å². The average molecular weight is 421 g/mol. The molecule has 5 heteroatoms. The third-order valence-electron chi connectivity index (χ3n) is 6.02. The van der Waals surface area contributed by atoms with Crippen LogP contribution in [0.15, 0.2) is 24.5 Å². The van der Waals surface area contributed by atoms with E-state index in [-0.39, 0.29) is 23.7 Å². The lowest BCUT2D eigenvalue weighted by Crippen LogP contribution is -2.32. The fraction of sp³-hybridized carbons (Fsp3) is 0.600. The van der Waals surface area contributed by atoms with Crippen molar-refractivity contribution in [3.8, 4) is 11.8 Å². The molecule has 0 bridgehead atoms. The van der Waals surface area contributed by atoms with E-state index in [1.54, 1.807) is 6.08 Å². The highest BCUT2D eigenvalue weighted by molar-refractivity contribution is 5.39. The molecule has 1 aliphatic carbocycles. The number of hydrogen-bond donors (Lipinski definition) is 0. The number of aryl methyl sites for hydroxylation is 1. The van der Waals surface area contributed by atoms with Crippen molar-refractivity contribution in [3.63, 3.8) is 0 Å². The molecule has 1 aromatic carbocycles. The van der Waals surface area contributed by atoms with Gasteiger partial charge in [0.05, 0.1) is 25.1 Å². The lowest BCUT2D eigenvalue weighted by molar-refractivity contribution is -0.203. The molecule has 2 nitrogen and oxygen atoms in total. The van der Waals surface area contributed by atoms with Gasteiger partial charge in [-0.15, -0.1) is 0 Å². The zero-order valence-corrected chi connectivity index (χ0v) is 17.6. The minimum Gasteiger partial charge on any atom is -0.352 e. The predicted octanol–water partition coefficient (Wildman–Crippen LogP) is 6.33. The average Bonchev–Trinajstić information content (AvgIpc) is 2.74. The number of rotatable bonds is 6. The molecule has 1 heterocycles. The van der Waals surface area contributed by atoms with Gasteiger partial charge in [-0.1, -0.05) is 31.3 Å². The highest BCUT2D eigenvalue weighted by Crippen LogP contribution is 2.29. The van der Waals surface area contributed by atoms with Gasteiger partial charge in [0.1, 0.15) is 11.6 Å². The van der Waals surface area contributed by atoms with Crippen molar-refractivity contribution in [3.05, 3.63) is 47.3 Å². The van der Waals surface area contributed by atoms with Crippen molar-refractivity contribution in [1.82, 2.24) is 0 Å². The SMILES string of the molecule is CCCC1COC(CCc2cc(F)c(C#CC3CCC(C=CF)CC3)c(F)c2)OC1. The van der Waals surface area contributed by atoms with Gasteiger partial charge in [-0.05, 0) is 62.1 Å². The van der Waals surface area contributed by atoms with Crippen molar-refractivity contribution in [2.45, 2.75) is 64.6 Å². The Balaban J connectivity index is 1.52. The second kappa shape index (κ2) is 11.6. The van der Waals surface area contributed by atoms with Crippen LogP contribution in [0.1, 0.15) is 63.0 Å². The summed E-state index contributed by atoms with van der Waals surface area (Å²) in [4.78, 5) is 0. The van der Waals surface area contributed by atoms with E-state index in [4.69, 9.17) is 9.47 Å². The van der Waals surface area contributed by atoms with E-state index in [0.29, 0.717) is 43.9 Å². The molecule has 0 radical (unpaired) electrons. The summed E-state index contributed by atoms with van der Waals surface area (Å²) in [5.41, 5.74) is 0.411. The minimum atomic E-state index is -0.625. The largest absolute Gasteiger partial charge is 0.352 e. The summed E-state index contributed by atoms with van der Waals surface area (Å²) >= 11 is 0. The first kappa shape index (κ1) is 22.9. The lowest BCUT2D eigenvalue weighted by Gasteiger charge is -2.29. The summed E-state index contributed by atoms with van der Waals surface area (Å²) in [6.45, 7) is 3.50. The molecule has 0 aromatic heterocycles. The van der Waals surface area contributed by atoms with E-state index in [1.807, 2.05) is 0 Å². The van der Waals surface area contributed by atoms with Gasteiger partial charge >= 0.3 is 0 Å². The monoisotopic (exact) mass is 420 g/mol. The molecule has 30 heavy (non-hydrogen) atoms. The molecule has 0 atom stereocenters. The smallest absolute Gasteiger partial charge is 0.157 e. The van der Waals surface area contributed by atoms with Gasteiger partial charge in [-0.2, -0.15) is 0 Å². The van der Waals surface area contributed by atoms with Gasteiger partial charge in [0, 0.05) is 18.3 Å². The fourth-order valence-corrected chi connectivity index (χ4v) is 4.23. The summed E-state index contributed by atoms with van der Waals surface area (Å²) in [5, 5.41) is 0. The molecule has 164 valence electrons. The maximum atomic E-state index is 14.5. The van der Waals surface area contributed by atoms with Crippen LogP contribution in [0, 0.1) is 41.2 Å². The van der Waals surface area contributed by atoms with Crippen LogP contribution < -0.4 is 0 Å². The van der Waals surface area contributed by atoms with Crippen LogP contribution in [-0.2, 0) is 15.9 Å². The van der Waals surface area contributed by atoms with Crippen molar-refractivity contribution >= 4 is 0 Å². The number of ether oxygens (including phenoxy) is 2. The normalized spacial score (nSPS) is 27.1. The lowest BCUT2D eigenvalue weighted by atomic mass is 9.82. The summed E-state index contributed by atoms with van der Waals surface area (Å²) in [5.74, 6) is 5.25. The number of halogens is 3. The minimum absolute atomic E-state index is 0.102. The Labute approximate surface area is 177 Å². The van der Waals surface area contributed by atoms with Gasteiger partial charge in [0.25, 0.3) is 0 Å². The molecular weight excluding hydrogens is 389 g/mol. The van der Waals surface area contributed by atoms with E-state index in [1.165, 1.54) is 12.1 Å². The van der Waals surface area contributed by atoms with E-state index in [9.17, 15) is 13.2 Å². The van der Waals surface area contributed by atoms with Crippen molar-refractivity contribution in [2.75, 3.05) is 13.2 Å². The Morgan fingerprint density at radius 2 is 1.70 bits per heavy atom. The first-order valence-electron chi connectivity index (χ1n) is 11.1. The molecule has 0 amide bonds. The Bertz CT molecular complexity index is 741. The molecule has 0 unspecified atom stereocenters. The molecule has 1 aliphatic heterocycles. The molecule has 0 spiro atoms. The zero-order chi connectivity index (χ0) is 21.3. The Morgan fingerprint density at radius 1 is 1.03 bits per heavy atom. The molecule has 2 fully saturated rings. The van der Waals surface area contributed by atoms with Crippen molar-refractivity contribution in [1.29, 1.82) is 0 Å². The first-order chi connectivity index (χ1) is 14.6. The van der Waals surface area contributed by atoms with Gasteiger partial charge in [0.2, 0.25) is 0 Å². The van der Waals surface area contributed by atoms with Crippen molar-refractivity contribution < 1.29 is 22.6 Å². The zero-order valence-electron chi connectivity index (χ0n) is 17.6. The highest BCUT2D eigenvalue weighted by Gasteiger charge is 2.22. The van der Waals surface area contributed by atoms with Crippen LogP contribution in [0.25, 0.3) is 0 Å². The number of allylic oxidation sites excluding steroid dienone is 1. The van der Waals surface area contributed by atoms with E-state index in [2.05, 4.69) is 18.8 Å². The summed E-state index contributed by atoms with van der Waals surface area (Å²) in [6.07, 6.45) is 8.46. The molecule has 2 aliphatic rings. The van der Waals surface area contributed by atoms with Crippen LogP contribution >= 0.6 is 0 Å². The molecule has 1 saturated heterocycles. The van der Waals surface area contributed by atoms with Crippen LogP contribution in [0.5, 0.6) is 0 Å². The second-order valence-corrected chi connectivity index (χ2v) is 8.42. The molecule has 1 saturated carbocycles. The van der Waals surface area contributed by atoms with Gasteiger partial charge in [-0.3, -0.25) is 0 Å². The highest BCUT2D eigenvalue weighted by atomic mass is 19.1. The predicted molar refractivity (Wildman–Crippen MR) is 111 cm³/mol. The number of hydrogen-bond acceptors (Lipinski definition) is 2. The molecular formula is C25H31F3O2. The van der Waals surface area contributed by atoms with Gasteiger partial charge in [-0.25, -0.2) is 13.2 Å². The molecule has 0 N–H and O–H groups in total. The van der Waals surface area contributed by atoms with Gasteiger partial charge in [0.15, 0.2) is 6.29 Å². The summed E-state index contributed by atoms with van der Waals surface area (Å²) in [7, 11) is 0. The van der Waals surface area contributed by atoms with Crippen LogP contribution in [0.3, 0.4) is 0 Å². The van der Waals surface area contributed by atoms with E-state index < -0.39 is 11.6 Å². The molecule has 1 aromatic rings. The Hall–Kier alpha value is -1.77. The third kappa shape index (κ3) is 6.62. The molecule has 3 rings (SSSR count). The quantitative estimate of drug-likeness (QED) is 0.501. The Kier molecular flexibility index (Phi) is 8.84. The maximum Gasteiger partial charge on any atom is 0.157 e. The van der Waals surface area contributed by atoms with Crippen LogP contribution in [-0.4, -0.2) is 19.5 Å².